The first-order chi connectivity index (χ1) is 14.4. The average molecular weight is 433 g/mol. The maximum absolute atomic E-state index is 12.2. The average Bonchev–Trinajstić information content (AvgIpc) is 2.70. The van der Waals surface area contributed by atoms with Crippen LogP contribution in [0.25, 0.3) is 0 Å². The van der Waals surface area contributed by atoms with Crippen molar-refractivity contribution in [2.45, 2.75) is 18.6 Å². The zero-order valence-electron chi connectivity index (χ0n) is 17.2. The van der Waals surface area contributed by atoms with E-state index < -0.39 is 0 Å². The number of amides is 2. The normalized spacial score (nSPS) is 15.1. The number of halogens is 1. The SMILES string of the molecule is [CH2][C@@H](CCN1CC(Oc2ccc(Cl)cc2)C1)NC(=O)Nc1cc(OC)cc(OC)c1. The molecule has 3 rings (SSSR count). The van der Waals surface area contributed by atoms with Crippen molar-refractivity contribution in [2.24, 2.45) is 0 Å². The van der Waals surface area contributed by atoms with Crippen LogP contribution in [-0.2, 0) is 0 Å². The van der Waals surface area contributed by atoms with Gasteiger partial charge in [-0.15, -0.1) is 0 Å². The standard InChI is InChI=1S/C22H27ClN3O4/c1-15(24-22(27)25-17-10-19(28-2)12-20(11-17)29-3)8-9-26-13-21(14-26)30-18-6-4-16(23)5-7-18/h4-7,10-12,15,21H,1,8-9,13-14H2,2-3H3,(H2,24,25,27)/t15-/m0/s1. The van der Waals surface area contributed by atoms with E-state index in [1.54, 1.807) is 32.4 Å². The van der Waals surface area contributed by atoms with Crippen molar-refractivity contribution in [1.82, 2.24) is 10.2 Å². The van der Waals surface area contributed by atoms with Crippen molar-refractivity contribution >= 4 is 23.3 Å². The van der Waals surface area contributed by atoms with Gasteiger partial charge in [-0.3, -0.25) is 4.90 Å². The number of benzene rings is 2. The minimum atomic E-state index is -0.321. The number of anilines is 1. The van der Waals surface area contributed by atoms with Gasteiger partial charge in [-0.05, 0) is 37.6 Å². The lowest BCUT2D eigenvalue weighted by atomic mass is 10.1. The Bertz CT molecular complexity index is 819. The third-order valence-electron chi connectivity index (χ3n) is 4.78. The highest BCUT2D eigenvalue weighted by Gasteiger charge is 2.28. The van der Waals surface area contributed by atoms with Crippen LogP contribution in [0.4, 0.5) is 10.5 Å². The van der Waals surface area contributed by atoms with Crippen molar-refractivity contribution in [1.29, 1.82) is 0 Å². The quantitative estimate of drug-likeness (QED) is 0.630. The highest BCUT2D eigenvalue weighted by molar-refractivity contribution is 6.30. The number of carbonyl (C=O) groups excluding carboxylic acids is 1. The molecule has 0 aliphatic carbocycles. The lowest BCUT2D eigenvalue weighted by Gasteiger charge is -2.39. The topological polar surface area (TPSA) is 72.1 Å². The number of nitrogens with zero attached hydrogens (tertiary/aromatic N) is 1. The Hall–Kier alpha value is -2.64. The second-order valence-corrected chi connectivity index (χ2v) is 7.58. The molecule has 8 heteroatoms. The van der Waals surface area contributed by atoms with E-state index in [4.69, 9.17) is 25.8 Å². The first kappa shape index (κ1) is 22.1. The predicted octanol–water partition coefficient (Wildman–Crippen LogP) is 3.83. The van der Waals surface area contributed by atoms with Crippen LogP contribution in [0.5, 0.6) is 17.2 Å². The molecule has 1 atom stereocenters. The van der Waals surface area contributed by atoms with Gasteiger partial charge in [-0.25, -0.2) is 4.79 Å². The summed E-state index contributed by atoms with van der Waals surface area (Å²) in [5.74, 6) is 2.03. The van der Waals surface area contributed by atoms with Gasteiger partial charge in [0.1, 0.15) is 23.4 Å². The highest BCUT2D eigenvalue weighted by atomic mass is 35.5. The first-order valence-electron chi connectivity index (χ1n) is 9.73. The molecule has 7 nitrogen and oxygen atoms in total. The fourth-order valence-electron chi connectivity index (χ4n) is 3.13. The molecule has 0 bridgehead atoms. The zero-order chi connectivity index (χ0) is 21.5. The Labute approximate surface area is 182 Å². The molecule has 0 spiro atoms. The molecule has 1 heterocycles. The van der Waals surface area contributed by atoms with Crippen LogP contribution in [0.2, 0.25) is 5.02 Å². The van der Waals surface area contributed by atoms with Gasteiger partial charge in [0.05, 0.1) is 14.2 Å². The lowest BCUT2D eigenvalue weighted by molar-refractivity contribution is 0.0186. The molecule has 1 fully saturated rings. The van der Waals surface area contributed by atoms with Gasteiger partial charge in [-0.1, -0.05) is 11.6 Å². The molecule has 2 aromatic rings. The van der Waals surface area contributed by atoms with Crippen molar-refractivity contribution in [3.05, 3.63) is 54.4 Å². The summed E-state index contributed by atoms with van der Waals surface area (Å²) >= 11 is 5.88. The molecule has 30 heavy (non-hydrogen) atoms. The largest absolute Gasteiger partial charge is 0.497 e. The molecule has 161 valence electrons. The number of likely N-dealkylation sites (tertiary alicyclic amines) is 1. The third-order valence-corrected chi connectivity index (χ3v) is 5.03. The number of ether oxygens (including phenoxy) is 3. The van der Waals surface area contributed by atoms with E-state index in [9.17, 15) is 4.79 Å². The first-order valence-corrected chi connectivity index (χ1v) is 10.1. The number of hydrogen-bond acceptors (Lipinski definition) is 5. The van der Waals surface area contributed by atoms with Crippen molar-refractivity contribution in [2.75, 3.05) is 39.2 Å². The number of methoxy groups -OCH3 is 2. The molecule has 1 aliphatic heterocycles. The summed E-state index contributed by atoms with van der Waals surface area (Å²) in [7, 11) is 3.12. The summed E-state index contributed by atoms with van der Waals surface area (Å²) in [6.07, 6.45) is 0.913. The van der Waals surface area contributed by atoms with Gasteiger partial charge in [0.2, 0.25) is 0 Å². The lowest BCUT2D eigenvalue weighted by Crippen LogP contribution is -2.54. The summed E-state index contributed by atoms with van der Waals surface area (Å²) in [5.41, 5.74) is 0.584. The molecule has 0 unspecified atom stereocenters. The van der Waals surface area contributed by atoms with Crippen LogP contribution in [0, 0.1) is 6.92 Å². The van der Waals surface area contributed by atoms with E-state index in [-0.39, 0.29) is 18.2 Å². The third kappa shape index (κ3) is 6.43. The predicted molar refractivity (Wildman–Crippen MR) is 118 cm³/mol. The zero-order valence-corrected chi connectivity index (χ0v) is 17.9. The summed E-state index contributed by atoms with van der Waals surface area (Å²) in [6, 6.07) is 12.0. The van der Waals surface area contributed by atoms with Gasteiger partial charge in [0, 0.05) is 54.6 Å². The van der Waals surface area contributed by atoms with Gasteiger partial charge >= 0.3 is 6.03 Å². The number of carbonyl (C=O) groups is 1. The van der Waals surface area contributed by atoms with Crippen molar-refractivity contribution in [3.8, 4) is 17.2 Å². The van der Waals surface area contributed by atoms with Crippen LogP contribution in [-0.4, -0.2) is 56.9 Å². The minimum absolute atomic E-state index is 0.175. The number of rotatable bonds is 9. The molecule has 2 N–H and O–H groups in total. The summed E-state index contributed by atoms with van der Waals surface area (Å²) in [5, 5.41) is 6.33. The van der Waals surface area contributed by atoms with Crippen LogP contribution in [0.3, 0.4) is 0 Å². The van der Waals surface area contributed by atoms with E-state index in [1.807, 2.05) is 24.3 Å². The molecule has 1 saturated heterocycles. The van der Waals surface area contributed by atoms with E-state index in [0.29, 0.717) is 22.2 Å². The fourth-order valence-corrected chi connectivity index (χ4v) is 3.25. The Balaban J connectivity index is 1.35. The molecule has 0 aromatic heterocycles. The van der Waals surface area contributed by atoms with Gasteiger partial charge in [0.25, 0.3) is 0 Å². The fraction of sp³-hybridized carbons (Fsp3) is 0.364. The van der Waals surface area contributed by atoms with Crippen LogP contribution in [0.1, 0.15) is 6.42 Å². The number of urea groups is 1. The van der Waals surface area contributed by atoms with Crippen molar-refractivity contribution < 1.29 is 19.0 Å². The molecule has 1 aliphatic rings. The van der Waals surface area contributed by atoms with Gasteiger partial charge in [-0.2, -0.15) is 0 Å². The summed E-state index contributed by atoms with van der Waals surface area (Å²) in [6.45, 7) is 6.56. The van der Waals surface area contributed by atoms with Gasteiger partial charge in [0.15, 0.2) is 0 Å². The smallest absolute Gasteiger partial charge is 0.319 e. The second-order valence-electron chi connectivity index (χ2n) is 7.14. The van der Waals surface area contributed by atoms with E-state index >= 15 is 0 Å². The molecule has 0 saturated carbocycles. The Morgan fingerprint density at radius 3 is 2.37 bits per heavy atom. The minimum Gasteiger partial charge on any atom is -0.497 e. The number of hydrogen-bond donors (Lipinski definition) is 2. The molecule has 2 amide bonds. The monoisotopic (exact) mass is 432 g/mol. The maximum Gasteiger partial charge on any atom is 0.319 e. The second kappa shape index (κ2) is 10.4. The Kier molecular flexibility index (Phi) is 7.65. The Morgan fingerprint density at radius 2 is 1.77 bits per heavy atom. The molecule has 1 radical (unpaired) electrons. The molecular weight excluding hydrogens is 406 g/mol. The summed E-state index contributed by atoms with van der Waals surface area (Å²) in [4.78, 5) is 14.5. The number of nitrogens with one attached hydrogen (secondary N) is 2. The maximum atomic E-state index is 12.2. The van der Waals surface area contributed by atoms with Crippen LogP contribution in [0.15, 0.2) is 42.5 Å². The van der Waals surface area contributed by atoms with Crippen LogP contribution < -0.4 is 24.8 Å². The molecular formula is C22H27ClN3O4. The van der Waals surface area contributed by atoms with Crippen LogP contribution >= 0.6 is 11.6 Å². The molecule has 2 aromatic carbocycles. The van der Waals surface area contributed by atoms with E-state index in [1.165, 1.54) is 0 Å². The van der Waals surface area contributed by atoms with Crippen molar-refractivity contribution in [3.63, 3.8) is 0 Å². The Morgan fingerprint density at radius 1 is 1.13 bits per heavy atom. The van der Waals surface area contributed by atoms with E-state index in [2.05, 4.69) is 22.5 Å². The summed E-state index contributed by atoms with van der Waals surface area (Å²) < 4.78 is 16.3. The highest BCUT2D eigenvalue weighted by Crippen LogP contribution is 2.25. The van der Waals surface area contributed by atoms with E-state index in [0.717, 1.165) is 31.8 Å². The van der Waals surface area contributed by atoms with Gasteiger partial charge < -0.3 is 24.8 Å².